The number of hydrogen-bond donors (Lipinski definition) is 0. The maximum absolute atomic E-state index is 13.4. The van der Waals surface area contributed by atoms with Crippen LogP contribution in [-0.4, -0.2) is 58.2 Å². The maximum atomic E-state index is 13.4. The number of fused-ring (bicyclic) bond motifs is 1. The first kappa shape index (κ1) is 20.5. The average molecular weight is 428 g/mol. The van der Waals surface area contributed by atoms with Crippen LogP contribution >= 0.6 is 0 Å². The fraction of sp³-hybridized carbons (Fsp3) is 0.429. The third-order valence-corrected chi connectivity index (χ3v) is 6.85. The molecule has 2 atom stereocenters. The number of amides is 1. The van der Waals surface area contributed by atoms with E-state index in [1.54, 1.807) is 0 Å². The number of aromatic nitrogens is 4. The summed E-state index contributed by atoms with van der Waals surface area (Å²) in [5.41, 5.74) is 1.57. The normalized spacial score (nSPS) is 18.5. The van der Waals surface area contributed by atoms with Crippen molar-refractivity contribution in [2.75, 3.05) is 19.3 Å². The lowest BCUT2D eigenvalue weighted by Crippen LogP contribution is -2.42. The molecule has 0 unspecified atom stereocenters. The van der Waals surface area contributed by atoms with Gasteiger partial charge in [0.05, 0.1) is 17.8 Å². The fourth-order valence-electron chi connectivity index (χ4n) is 4.30. The van der Waals surface area contributed by atoms with Crippen LogP contribution in [0.4, 0.5) is 0 Å². The summed E-state index contributed by atoms with van der Waals surface area (Å²) in [4.78, 5) is 23.6. The summed E-state index contributed by atoms with van der Waals surface area (Å²) in [5, 5.41) is 4.21. The zero-order valence-corrected chi connectivity index (χ0v) is 17.9. The first-order valence-electron chi connectivity index (χ1n) is 10.1. The van der Waals surface area contributed by atoms with Gasteiger partial charge in [0.2, 0.25) is 5.91 Å². The first-order chi connectivity index (χ1) is 14.4. The highest BCUT2D eigenvalue weighted by atomic mass is 32.2. The minimum absolute atomic E-state index is 0.0817. The van der Waals surface area contributed by atoms with Crippen molar-refractivity contribution in [2.24, 2.45) is 0 Å². The molecule has 9 heteroatoms. The van der Waals surface area contributed by atoms with Gasteiger partial charge in [-0.3, -0.25) is 4.79 Å². The molecule has 0 spiro atoms. The summed E-state index contributed by atoms with van der Waals surface area (Å²) in [6, 6.07) is 9.80. The molecule has 1 aromatic carbocycles. The van der Waals surface area contributed by atoms with E-state index in [1.807, 2.05) is 42.2 Å². The molecule has 0 N–H and O–H groups in total. The fourth-order valence-corrected chi connectivity index (χ4v) is 5.18. The van der Waals surface area contributed by atoms with E-state index >= 15 is 0 Å². The summed E-state index contributed by atoms with van der Waals surface area (Å²) in [5.74, 6) is 0.0748. The Kier molecular flexibility index (Phi) is 5.55. The zero-order valence-electron chi connectivity index (χ0n) is 17.1. The van der Waals surface area contributed by atoms with Gasteiger partial charge in [0.1, 0.15) is 11.2 Å². The van der Waals surface area contributed by atoms with Crippen LogP contribution in [0.5, 0.6) is 0 Å². The third-order valence-electron chi connectivity index (χ3n) is 5.74. The van der Waals surface area contributed by atoms with Crippen LogP contribution in [0, 0.1) is 0 Å². The minimum atomic E-state index is -3.51. The molecule has 1 fully saturated rings. The quantitative estimate of drug-likeness (QED) is 0.620. The Morgan fingerprint density at radius 2 is 2.00 bits per heavy atom. The van der Waals surface area contributed by atoms with Gasteiger partial charge in [-0.25, -0.2) is 13.4 Å². The Hall–Kier alpha value is -2.81. The molecular formula is C21H25N5O3S. The summed E-state index contributed by atoms with van der Waals surface area (Å²) in [6.07, 6.45) is 6.17. The number of nitrogens with zero attached hydrogens (tertiary/aromatic N) is 5. The Balaban J connectivity index is 1.68. The van der Waals surface area contributed by atoms with Crippen LogP contribution in [0.1, 0.15) is 49.3 Å². The van der Waals surface area contributed by atoms with Gasteiger partial charge < -0.3 is 4.90 Å². The van der Waals surface area contributed by atoms with E-state index in [4.69, 9.17) is 0 Å². The molecule has 158 valence electrons. The molecule has 4 rings (SSSR count). The van der Waals surface area contributed by atoms with Crippen LogP contribution in [0.25, 0.3) is 5.78 Å². The van der Waals surface area contributed by atoms with E-state index in [0.717, 1.165) is 18.4 Å². The topological polar surface area (TPSA) is 97.5 Å². The van der Waals surface area contributed by atoms with Crippen molar-refractivity contribution in [1.29, 1.82) is 0 Å². The lowest BCUT2D eigenvalue weighted by molar-refractivity contribution is -0.134. The largest absolute Gasteiger partial charge is 0.341 e. The Morgan fingerprint density at radius 1 is 1.23 bits per heavy atom. The lowest BCUT2D eigenvalue weighted by Gasteiger charge is -2.35. The molecule has 30 heavy (non-hydrogen) atoms. The highest BCUT2D eigenvalue weighted by Gasteiger charge is 2.33. The SMILES string of the molecule is CC[C@H](C(=O)N1CCC[C@@H](c2c(S(C)(=O)=O)cnc3ncnn23)C1)c1ccccc1. The minimum Gasteiger partial charge on any atom is -0.341 e. The summed E-state index contributed by atoms with van der Waals surface area (Å²) >= 11 is 0. The van der Waals surface area contributed by atoms with Gasteiger partial charge in [-0.1, -0.05) is 37.3 Å². The summed E-state index contributed by atoms with van der Waals surface area (Å²) in [6.45, 7) is 3.13. The summed E-state index contributed by atoms with van der Waals surface area (Å²) < 4.78 is 26.4. The average Bonchev–Trinajstić information content (AvgIpc) is 3.22. The van der Waals surface area contributed by atoms with Crippen LogP contribution in [-0.2, 0) is 14.6 Å². The number of carbonyl (C=O) groups excluding carboxylic acids is 1. The zero-order chi connectivity index (χ0) is 21.3. The van der Waals surface area contributed by atoms with Crippen LogP contribution in [0.3, 0.4) is 0 Å². The Morgan fingerprint density at radius 3 is 2.70 bits per heavy atom. The molecule has 1 aliphatic rings. The standard InChI is InChI=1S/C21H25N5O3S/c1-3-17(15-8-5-4-6-9-15)20(27)25-11-7-10-16(13-25)19-18(30(2,28)29)12-22-21-23-14-24-26(19)21/h4-6,8-9,12,14,16-17H,3,7,10-11,13H2,1-2H3/t16-,17+/m1/s1. The van der Waals surface area contributed by atoms with Crippen molar-refractivity contribution >= 4 is 21.5 Å². The molecule has 0 aliphatic carbocycles. The predicted molar refractivity (Wildman–Crippen MR) is 112 cm³/mol. The second-order valence-corrected chi connectivity index (χ2v) is 9.73. The van der Waals surface area contributed by atoms with Gasteiger partial charge in [0, 0.05) is 25.3 Å². The van der Waals surface area contributed by atoms with Gasteiger partial charge in [0.25, 0.3) is 5.78 Å². The Bertz CT molecular complexity index is 1160. The second-order valence-electron chi connectivity index (χ2n) is 7.75. The molecule has 0 saturated carbocycles. The Labute approximate surface area is 175 Å². The monoisotopic (exact) mass is 427 g/mol. The smallest absolute Gasteiger partial charge is 0.252 e. The van der Waals surface area contributed by atoms with Crippen molar-refractivity contribution in [3.63, 3.8) is 0 Å². The van der Waals surface area contributed by atoms with E-state index in [2.05, 4.69) is 15.1 Å². The van der Waals surface area contributed by atoms with Gasteiger partial charge in [-0.2, -0.15) is 14.6 Å². The molecular weight excluding hydrogens is 402 g/mol. The molecule has 3 aromatic rings. The van der Waals surface area contributed by atoms with Crippen molar-refractivity contribution < 1.29 is 13.2 Å². The van der Waals surface area contributed by atoms with Gasteiger partial charge in [-0.05, 0) is 24.8 Å². The van der Waals surface area contributed by atoms with Crippen LogP contribution in [0.15, 0.2) is 47.8 Å². The van der Waals surface area contributed by atoms with Gasteiger partial charge in [0.15, 0.2) is 9.84 Å². The van der Waals surface area contributed by atoms with Gasteiger partial charge >= 0.3 is 0 Å². The number of benzene rings is 1. The van der Waals surface area contributed by atoms with E-state index in [9.17, 15) is 13.2 Å². The second kappa shape index (κ2) is 8.14. The molecule has 8 nitrogen and oxygen atoms in total. The van der Waals surface area contributed by atoms with Crippen LogP contribution < -0.4 is 0 Å². The third kappa shape index (κ3) is 3.81. The van der Waals surface area contributed by atoms with Crippen molar-refractivity contribution in [3.8, 4) is 0 Å². The van der Waals surface area contributed by atoms with Crippen molar-refractivity contribution in [2.45, 2.75) is 42.9 Å². The van der Waals surface area contributed by atoms with E-state index in [1.165, 1.54) is 23.3 Å². The van der Waals surface area contributed by atoms with E-state index in [0.29, 0.717) is 31.0 Å². The first-order valence-corrected chi connectivity index (χ1v) is 12.0. The molecule has 3 heterocycles. The summed E-state index contributed by atoms with van der Waals surface area (Å²) in [7, 11) is -3.51. The van der Waals surface area contributed by atoms with Crippen LogP contribution in [0.2, 0.25) is 0 Å². The molecule has 1 amide bonds. The molecule has 1 aliphatic heterocycles. The molecule has 0 radical (unpaired) electrons. The number of likely N-dealkylation sites (tertiary alicyclic amines) is 1. The van der Waals surface area contributed by atoms with E-state index < -0.39 is 9.84 Å². The maximum Gasteiger partial charge on any atom is 0.252 e. The number of hydrogen-bond acceptors (Lipinski definition) is 6. The number of carbonyl (C=O) groups is 1. The molecule has 0 bridgehead atoms. The molecule has 1 saturated heterocycles. The molecule has 2 aromatic heterocycles. The van der Waals surface area contributed by atoms with Gasteiger partial charge in [-0.15, -0.1) is 0 Å². The lowest BCUT2D eigenvalue weighted by atomic mass is 9.90. The number of sulfone groups is 1. The number of rotatable bonds is 5. The predicted octanol–water partition coefficient (Wildman–Crippen LogP) is 2.43. The van der Waals surface area contributed by atoms with E-state index in [-0.39, 0.29) is 22.6 Å². The highest BCUT2D eigenvalue weighted by Crippen LogP contribution is 2.33. The van der Waals surface area contributed by atoms with Crippen molar-refractivity contribution in [1.82, 2.24) is 24.5 Å². The highest BCUT2D eigenvalue weighted by molar-refractivity contribution is 7.90. The van der Waals surface area contributed by atoms with Crippen molar-refractivity contribution in [3.05, 3.63) is 54.1 Å². The number of piperidine rings is 1.